The zero-order chi connectivity index (χ0) is 10.1. The Balaban J connectivity index is 2.68. The van der Waals surface area contributed by atoms with E-state index in [-0.39, 0.29) is 0 Å². The second kappa shape index (κ2) is 3.31. The highest BCUT2D eigenvalue weighted by atomic mass is 15.2. The number of hydrazine groups is 1. The molecule has 4 heteroatoms. The Hall–Kier alpha value is -1.55. The van der Waals surface area contributed by atoms with Crippen molar-refractivity contribution in [3.63, 3.8) is 0 Å². The molecule has 1 aromatic heterocycles. The minimum absolute atomic E-state index is 0.906. The molecule has 3 N–H and O–H groups in total. The largest absolute Gasteiger partial charge is 0.331 e. The molecule has 0 fully saturated rings. The molecule has 0 saturated carbocycles. The van der Waals surface area contributed by atoms with Crippen LogP contribution in [0.3, 0.4) is 0 Å². The van der Waals surface area contributed by atoms with Crippen LogP contribution in [0.1, 0.15) is 12.7 Å². The number of benzene rings is 1. The van der Waals surface area contributed by atoms with Crippen molar-refractivity contribution in [3.8, 4) is 0 Å². The fourth-order valence-electron chi connectivity index (χ4n) is 1.65. The first-order valence-corrected chi connectivity index (χ1v) is 4.68. The van der Waals surface area contributed by atoms with Gasteiger partial charge in [-0.25, -0.2) is 4.98 Å². The topological polar surface area (TPSA) is 55.9 Å². The van der Waals surface area contributed by atoms with Crippen molar-refractivity contribution < 1.29 is 0 Å². The van der Waals surface area contributed by atoms with Crippen molar-refractivity contribution in [2.24, 2.45) is 12.9 Å². The van der Waals surface area contributed by atoms with Crippen molar-refractivity contribution in [1.29, 1.82) is 0 Å². The van der Waals surface area contributed by atoms with Gasteiger partial charge in [0.1, 0.15) is 5.82 Å². The van der Waals surface area contributed by atoms with Crippen LogP contribution in [0.25, 0.3) is 11.0 Å². The molecule has 0 unspecified atom stereocenters. The highest BCUT2D eigenvalue weighted by molar-refractivity contribution is 5.80. The third-order valence-corrected chi connectivity index (χ3v) is 2.46. The molecule has 0 atom stereocenters. The molecule has 74 valence electrons. The number of nitrogen functional groups attached to an aromatic ring is 1. The van der Waals surface area contributed by atoms with Crippen LogP contribution in [-0.4, -0.2) is 9.55 Å². The quantitative estimate of drug-likeness (QED) is 0.556. The van der Waals surface area contributed by atoms with Crippen LogP contribution >= 0.6 is 0 Å². The Morgan fingerprint density at radius 2 is 2.29 bits per heavy atom. The van der Waals surface area contributed by atoms with E-state index in [9.17, 15) is 0 Å². The first kappa shape index (κ1) is 9.02. The lowest BCUT2D eigenvalue weighted by Crippen LogP contribution is -2.06. The maximum Gasteiger partial charge on any atom is 0.109 e. The van der Waals surface area contributed by atoms with Gasteiger partial charge >= 0.3 is 0 Å². The van der Waals surface area contributed by atoms with E-state index in [0.717, 1.165) is 29.0 Å². The molecule has 0 aliphatic carbocycles. The Kier molecular flexibility index (Phi) is 2.13. The zero-order valence-corrected chi connectivity index (χ0v) is 8.41. The first-order chi connectivity index (χ1) is 6.76. The van der Waals surface area contributed by atoms with Crippen LogP contribution in [0, 0.1) is 0 Å². The molecular weight excluding hydrogens is 176 g/mol. The number of rotatable bonds is 2. The highest BCUT2D eigenvalue weighted by Crippen LogP contribution is 2.19. The third kappa shape index (κ3) is 1.24. The molecule has 0 radical (unpaired) electrons. The average molecular weight is 190 g/mol. The molecule has 2 rings (SSSR count). The number of fused-ring (bicyclic) bond motifs is 1. The SMILES string of the molecule is CCc1nc2ccc(NN)cc2n1C. The van der Waals surface area contributed by atoms with E-state index >= 15 is 0 Å². The molecule has 0 amide bonds. The molecule has 1 aromatic carbocycles. The Labute approximate surface area is 82.7 Å². The molecule has 0 aliphatic heterocycles. The Bertz CT molecular complexity index is 458. The third-order valence-electron chi connectivity index (χ3n) is 2.46. The predicted octanol–water partition coefficient (Wildman–Crippen LogP) is 1.42. The van der Waals surface area contributed by atoms with Gasteiger partial charge < -0.3 is 9.99 Å². The van der Waals surface area contributed by atoms with E-state index < -0.39 is 0 Å². The van der Waals surface area contributed by atoms with E-state index in [4.69, 9.17) is 5.84 Å². The molecule has 0 aliphatic rings. The van der Waals surface area contributed by atoms with Crippen molar-refractivity contribution in [3.05, 3.63) is 24.0 Å². The van der Waals surface area contributed by atoms with E-state index in [1.54, 1.807) is 0 Å². The predicted molar refractivity (Wildman–Crippen MR) is 57.9 cm³/mol. The van der Waals surface area contributed by atoms with Gasteiger partial charge in [-0.05, 0) is 18.2 Å². The number of hydrogen-bond donors (Lipinski definition) is 2. The monoisotopic (exact) mass is 190 g/mol. The lowest BCUT2D eigenvalue weighted by atomic mass is 10.3. The summed E-state index contributed by atoms with van der Waals surface area (Å²) in [5.74, 6) is 6.44. The summed E-state index contributed by atoms with van der Waals surface area (Å²) >= 11 is 0. The van der Waals surface area contributed by atoms with Gasteiger partial charge in [0.15, 0.2) is 0 Å². The number of imidazole rings is 1. The number of hydrogen-bond acceptors (Lipinski definition) is 3. The second-order valence-electron chi connectivity index (χ2n) is 3.29. The summed E-state index contributed by atoms with van der Waals surface area (Å²) in [5, 5.41) is 0. The number of nitrogens with zero attached hydrogens (tertiary/aromatic N) is 2. The summed E-state index contributed by atoms with van der Waals surface area (Å²) in [6, 6.07) is 5.90. The molecule has 0 spiro atoms. The Morgan fingerprint density at radius 1 is 1.50 bits per heavy atom. The Morgan fingerprint density at radius 3 is 2.93 bits per heavy atom. The van der Waals surface area contributed by atoms with Crippen LogP contribution in [0.4, 0.5) is 5.69 Å². The summed E-state index contributed by atoms with van der Waals surface area (Å²) in [6.45, 7) is 2.10. The van der Waals surface area contributed by atoms with Crippen LogP contribution in [0.15, 0.2) is 18.2 Å². The van der Waals surface area contributed by atoms with Gasteiger partial charge in [-0.1, -0.05) is 6.92 Å². The molecule has 14 heavy (non-hydrogen) atoms. The number of aromatic nitrogens is 2. The smallest absolute Gasteiger partial charge is 0.109 e. The molecule has 0 saturated heterocycles. The van der Waals surface area contributed by atoms with E-state index in [0.29, 0.717) is 0 Å². The number of nitrogens with one attached hydrogen (secondary N) is 1. The summed E-state index contributed by atoms with van der Waals surface area (Å²) < 4.78 is 2.09. The molecule has 1 heterocycles. The fourth-order valence-corrected chi connectivity index (χ4v) is 1.65. The lowest BCUT2D eigenvalue weighted by molar-refractivity contribution is 0.829. The summed E-state index contributed by atoms with van der Waals surface area (Å²) in [5.41, 5.74) is 5.66. The van der Waals surface area contributed by atoms with Crippen molar-refractivity contribution in [1.82, 2.24) is 9.55 Å². The normalized spacial score (nSPS) is 10.8. The van der Waals surface area contributed by atoms with Gasteiger partial charge in [-0.2, -0.15) is 0 Å². The highest BCUT2D eigenvalue weighted by Gasteiger charge is 2.05. The summed E-state index contributed by atoms with van der Waals surface area (Å²) in [7, 11) is 2.02. The zero-order valence-electron chi connectivity index (χ0n) is 8.41. The van der Waals surface area contributed by atoms with Crippen molar-refractivity contribution >= 4 is 16.7 Å². The maximum absolute atomic E-state index is 5.35. The van der Waals surface area contributed by atoms with Crippen molar-refractivity contribution in [2.75, 3.05) is 5.43 Å². The molecular formula is C10H14N4. The van der Waals surface area contributed by atoms with Gasteiger partial charge in [0, 0.05) is 13.5 Å². The number of aryl methyl sites for hydroxylation is 2. The minimum atomic E-state index is 0.906. The van der Waals surface area contributed by atoms with Crippen LogP contribution in [0.5, 0.6) is 0 Å². The minimum Gasteiger partial charge on any atom is -0.331 e. The maximum atomic E-state index is 5.35. The van der Waals surface area contributed by atoms with E-state index in [2.05, 4.69) is 21.9 Å². The van der Waals surface area contributed by atoms with Gasteiger partial charge in [-0.3, -0.25) is 5.84 Å². The van der Waals surface area contributed by atoms with E-state index in [1.165, 1.54) is 0 Å². The van der Waals surface area contributed by atoms with Crippen LogP contribution in [0.2, 0.25) is 0 Å². The van der Waals surface area contributed by atoms with Crippen molar-refractivity contribution in [2.45, 2.75) is 13.3 Å². The van der Waals surface area contributed by atoms with E-state index in [1.807, 2.05) is 25.2 Å². The van der Waals surface area contributed by atoms with Gasteiger partial charge in [-0.15, -0.1) is 0 Å². The molecule has 4 nitrogen and oxygen atoms in total. The summed E-state index contributed by atoms with van der Waals surface area (Å²) in [4.78, 5) is 4.50. The van der Waals surface area contributed by atoms with Gasteiger partial charge in [0.05, 0.1) is 16.7 Å². The van der Waals surface area contributed by atoms with Crippen LogP contribution < -0.4 is 11.3 Å². The standard InChI is InChI=1S/C10H14N4/c1-3-10-12-8-5-4-7(13-11)6-9(8)14(10)2/h4-6,13H,3,11H2,1-2H3. The fraction of sp³-hybridized carbons (Fsp3) is 0.300. The van der Waals surface area contributed by atoms with Gasteiger partial charge in [0.25, 0.3) is 0 Å². The first-order valence-electron chi connectivity index (χ1n) is 4.68. The molecule has 2 aromatic rings. The van der Waals surface area contributed by atoms with Crippen LogP contribution in [-0.2, 0) is 13.5 Å². The van der Waals surface area contributed by atoms with Gasteiger partial charge in [0.2, 0.25) is 0 Å². The second-order valence-corrected chi connectivity index (χ2v) is 3.29. The average Bonchev–Trinajstić information content (AvgIpc) is 2.55. The number of anilines is 1. The molecule has 0 bridgehead atoms. The summed E-state index contributed by atoms with van der Waals surface area (Å²) in [6.07, 6.45) is 0.941. The lowest BCUT2D eigenvalue weighted by Gasteiger charge is -2.01. The number of nitrogens with two attached hydrogens (primary N) is 1.